The number of aryl methyl sites for hydroxylation is 1. The van der Waals surface area contributed by atoms with E-state index in [2.05, 4.69) is 24.1 Å². The van der Waals surface area contributed by atoms with E-state index in [4.69, 9.17) is 5.73 Å². The van der Waals surface area contributed by atoms with E-state index in [9.17, 15) is 4.79 Å². The number of hydrogen-bond acceptors (Lipinski definition) is 5. The van der Waals surface area contributed by atoms with Gasteiger partial charge in [0.05, 0.1) is 6.04 Å². The SMILES string of the molecule is CCc1cnc(C(C)Nc2ccc(N)c(C(C)=O)c2)s1. The van der Waals surface area contributed by atoms with Gasteiger partial charge >= 0.3 is 0 Å². The molecule has 0 bridgehead atoms. The predicted molar refractivity (Wildman–Crippen MR) is 84.4 cm³/mol. The first-order valence-corrected chi connectivity index (χ1v) is 7.44. The van der Waals surface area contributed by atoms with Crippen LogP contribution < -0.4 is 11.1 Å². The summed E-state index contributed by atoms with van der Waals surface area (Å²) in [4.78, 5) is 17.2. The number of benzene rings is 1. The number of anilines is 2. The van der Waals surface area contributed by atoms with Crippen molar-refractivity contribution in [1.82, 2.24) is 4.98 Å². The zero-order valence-corrected chi connectivity index (χ0v) is 12.8. The molecule has 0 aliphatic carbocycles. The number of nitrogens with zero attached hydrogens (tertiary/aromatic N) is 1. The molecule has 0 saturated carbocycles. The van der Waals surface area contributed by atoms with Gasteiger partial charge in [-0.05, 0) is 38.5 Å². The van der Waals surface area contributed by atoms with Crippen LogP contribution in [-0.2, 0) is 6.42 Å². The number of nitrogens with two attached hydrogens (primary N) is 1. The van der Waals surface area contributed by atoms with E-state index in [1.54, 1.807) is 23.5 Å². The second-order valence-electron chi connectivity index (χ2n) is 4.74. The molecule has 0 amide bonds. The average Bonchev–Trinajstić information content (AvgIpc) is 2.89. The molecule has 5 heteroatoms. The average molecular weight is 289 g/mol. The number of ketones is 1. The summed E-state index contributed by atoms with van der Waals surface area (Å²) in [6.07, 6.45) is 2.92. The highest BCUT2D eigenvalue weighted by molar-refractivity contribution is 7.11. The zero-order valence-electron chi connectivity index (χ0n) is 11.9. The maximum atomic E-state index is 11.5. The summed E-state index contributed by atoms with van der Waals surface area (Å²) < 4.78 is 0. The molecule has 0 radical (unpaired) electrons. The Labute approximate surface area is 123 Å². The van der Waals surface area contributed by atoms with Crippen molar-refractivity contribution in [3.8, 4) is 0 Å². The lowest BCUT2D eigenvalue weighted by Gasteiger charge is -2.14. The highest BCUT2D eigenvalue weighted by Gasteiger charge is 2.12. The zero-order chi connectivity index (χ0) is 14.7. The number of Topliss-reactive ketones (excluding diaryl/α,β-unsaturated/α-hetero) is 1. The largest absolute Gasteiger partial charge is 0.398 e. The molecule has 4 nitrogen and oxygen atoms in total. The lowest BCUT2D eigenvalue weighted by molar-refractivity contribution is 0.101. The molecule has 0 fully saturated rings. The van der Waals surface area contributed by atoms with Crippen molar-refractivity contribution in [1.29, 1.82) is 0 Å². The summed E-state index contributed by atoms with van der Waals surface area (Å²) in [5.74, 6) is -0.0266. The first kappa shape index (κ1) is 14.5. The van der Waals surface area contributed by atoms with Crippen LogP contribution in [0.5, 0.6) is 0 Å². The third kappa shape index (κ3) is 3.17. The van der Waals surface area contributed by atoms with Gasteiger partial charge in [-0.15, -0.1) is 11.3 Å². The van der Waals surface area contributed by atoms with E-state index in [1.807, 2.05) is 12.3 Å². The van der Waals surface area contributed by atoms with Crippen molar-refractivity contribution in [3.05, 3.63) is 39.8 Å². The Morgan fingerprint density at radius 3 is 2.85 bits per heavy atom. The van der Waals surface area contributed by atoms with Crippen molar-refractivity contribution in [3.63, 3.8) is 0 Å². The monoisotopic (exact) mass is 289 g/mol. The van der Waals surface area contributed by atoms with Gasteiger partial charge in [0.25, 0.3) is 0 Å². The fraction of sp³-hybridized carbons (Fsp3) is 0.333. The first-order valence-electron chi connectivity index (χ1n) is 6.62. The third-order valence-corrected chi connectivity index (χ3v) is 4.43. The second kappa shape index (κ2) is 6.05. The number of nitrogen functional groups attached to an aromatic ring is 1. The van der Waals surface area contributed by atoms with Crippen LogP contribution in [0.2, 0.25) is 0 Å². The number of thiazole rings is 1. The molecule has 2 rings (SSSR count). The van der Waals surface area contributed by atoms with E-state index in [0.717, 1.165) is 17.1 Å². The molecule has 2 aromatic rings. The molecular formula is C15H19N3OS. The van der Waals surface area contributed by atoms with Crippen molar-refractivity contribution in [2.75, 3.05) is 11.1 Å². The topological polar surface area (TPSA) is 68.0 Å². The van der Waals surface area contributed by atoms with Gasteiger partial charge in [0.1, 0.15) is 5.01 Å². The van der Waals surface area contributed by atoms with Gasteiger partial charge in [0.15, 0.2) is 5.78 Å². The first-order chi connectivity index (χ1) is 9.51. The molecule has 3 N–H and O–H groups in total. The summed E-state index contributed by atoms with van der Waals surface area (Å²) in [5.41, 5.74) is 7.74. The van der Waals surface area contributed by atoms with Crippen molar-refractivity contribution in [2.24, 2.45) is 0 Å². The van der Waals surface area contributed by atoms with Crippen molar-refractivity contribution < 1.29 is 4.79 Å². The summed E-state index contributed by atoms with van der Waals surface area (Å²) >= 11 is 1.71. The van der Waals surface area contributed by atoms with Crippen LogP contribution in [0.3, 0.4) is 0 Å². The smallest absolute Gasteiger partial charge is 0.161 e. The van der Waals surface area contributed by atoms with E-state index >= 15 is 0 Å². The van der Waals surface area contributed by atoms with Crippen molar-refractivity contribution >= 4 is 28.5 Å². The number of carbonyl (C=O) groups excluding carboxylic acids is 1. The maximum absolute atomic E-state index is 11.5. The lowest BCUT2D eigenvalue weighted by atomic mass is 10.1. The molecule has 1 heterocycles. The second-order valence-corrected chi connectivity index (χ2v) is 5.89. The fourth-order valence-electron chi connectivity index (χ4n) is 1.95. The third-order valence-electron chi connectivity index (χ3n) is 3.11. The number of nitrogens with one attached hydrogen (secondary N) is 1. The molecule has 1 atom stereocenters. The Balaban J connectivity index is 2.17. The summed E-state index contributed by atoms with van der Waals surface area (Å²) in [7, 11) is 0. The highest BCUT2D eigenvalue weighted by atomic mass is 32.1. The van der Waals surface area contributed by atoms with Crippen LogP contribution in [0.15, 0.2) is 24.4 Å². The van der Waals surface area contributed by atoms with E-state index in [1.165, 1.54) is 11.8 Å². The summed E-state index contributed by atoms with van der Waals surface area (Å²) in [6.45, 7) is 5.70. The Bertz CT molecular complexity index is 621. The molecule has 1 aromatic heterocycles. The number of carbonyl (C=O) groups is 1. The lowest BCUT2D eigenvalue weighted by Crippen LogP contribution is -2.08. The molecule has 0 aliphatic heterocycles. The standard InChI is InChI=1S/C15H19N3OS/c1-4-12-8-17-15(20-12)9(2)18-11-5-6-14(16)13(7-11)10(3)19/h5-9,18H,4,16H2,1-3H3. The van der Waals surface area contributed by atoms with Crippen LogP contribution in [0.25, 0.3) is 0 Å². The fourth-order valence-corrected chi connectivity index (χ4v) is 2.81. The number of hydrogen-bond donors (Lipinski definition) is 2. The Morgan fingerprint density at radius 2 is 2.25 bits per heavy atom. The van der Waals surface area contributed by atoms with E-state index in [0.29, 0.717) is 11.3 Å². The van der Waals surface area contributed by atoms with Crippen LogP contribution in [0, 0.1) is 0 Å². The number of rotatable bonds is 5. The van der Waals surface area contributed by atoms with Crippen LogP contribution in [0.4, 0.5) is 11.4 Å². The molecule has 0 spiro atoms. The summed E-state index contributed by atoms with van der Waals surface area (Å²) in [6, 6.07) is 5.53. The Kier molecular flexibility index (Phi) is 4.39. The quantitative estimate of drug-likeness (QED) is 0.651. The molecule has 0 aliphatic rings. The van der Waals surface area contributed by atoms with Crippen molar-refractivity contribution in [2.45, 2.75) is 33.2 Å². The Morgan fingerprint density at radius 1 is 1.50 bits per heavy atom. The minimum absolute atomic E-state index is 0.0266. The summed E-state index contributed by atoms with van der Waals surface area (Å²) in [5, 5.41) is 4.40. The van der Waals surface area contributed by atoms with Gasteiger partial charge in [0, 0.05) is 28.0 Å². The van der Waals surface area contributed by atoms with Gasteiger partial charge in [-0.3, -0.25) is 4.79 Å². The van der Waals surface area contributed by atoms with Crippen LogP contribution in [0.1, 0.15) is 47.1 Å². The van der Waals surface area contributed by atoms with Gasteiger partial charge in [-0.25, -0.2) is 4.98 Å². The molecule has 1 unspecified atom stereocenters. The van der Waals surface area contributed by atoms with Gasteiger partial charge in [0.2, 0.25) is 0 Å². The van der Waals surface area contributed by atoms with Crippen LogP contribution in [-0.4, -0.2) is 10.8 Å². The van der Waals surface area contributed by atoms with Crippen LogP contribution >= 0.6 is 11.3 Å². The molecular weight excluding hydrogens is 270 g/mol. The number of aromatic nitrogens is 1. The highest BCUT2D eigenvalue weighted by Crippen LogP contribution is 2.26. The van der Waals surface area contributed by atoms with Gasteiger partial charge < -0.3 is 11.1 Å². The van der Waals surface area contributed by atoms with Gasteiger partial charge in [-0.2, -0.15) is 0 Å². The minimum Gasteiger partial charge on any atom is -0.398 e. The normalized spacial score (nSPS) is 12.2. The molecule has 1 aromatic carbocycles. The maximum Gasteiger partial charge on any atom is 0.161 e. The molecule has 20 heavy (non-hydrogen) atoms. The minimum atomic E-state index is -0.0266. The molecule has 0 saturated heterocycles. The Hall–Kier alpha value is -1.88. The van der Waals surface area contributed by atoms with E-state index < -0.39 is 0 Å². The molecule has 106 valence electrons. The van der Waals surface area contributed by atoms with E-state index in [-0.39, 0.29) is 11.8 Å². The van der Waals surface area contributed by atoms with Gasteiger partial charge in [-0.1, -0.05) is 6.92 Å². The predicted octanol–water partition coefficient (Wildman–Crippen LogP) is 3.66.